The second-order valence-electron chi connectivity index (χ2n) is 6.96. The van der Waals surface area contributed by atoms with Crippen LogP contribution in [0.15, 0.2) is 24.3 Å². The molecule has 6 nitrogen and oxygen atoms in total. The van der Waals surface area contributed by atoms with Crippen molar-refractivity contribution in [1.29, 1.82) is 0 Å². The first-order valence-corrected chi connectivity index (χ1v) is 11.0. The van der Waals surface area contributed by atoms with Crippen LogP contribution >= 0.6 is 11.8 Å². The molecule has 1 aromatic carbocycles. The molecule has 0 unspecified atom stereocenters. The predicted molar refractivity (Wildman–Crippen MR) is 112 cm³/mol. The van der Waals surface area contributed by atoms with Gasteiger partial charge in [-0.1, -0.05) is 6.07 Å². The van der Waals surface area contributed by atoms with Gasteiger partial charge < -0.3 is 15.0 Å². The van der Waals surface area contributed by atoms with Crippen LogP contribution in [0.2, 0.25) is 0 Å². The van der Waals surface area contributed by atoms with Crippen molar-refractivity contribution in [2.24, 2.45) is 0 Å². The second kappa shape index (κ2) is 12.0. The van der Waals surface area contributed by atoms with E-state index in [-0.39, 0.29) is 17.6 Å². The molecular formula is C20H28F3N3O3S. The van der Waals surface area contributed by atoms with Gasteiger partial charge in [-0.2, -0.15) is 13.2 Å². The van der Waals surface area contributed by atoms with E-state index in [2.05, 4.69) is 15.0 Å². The molecule has 1 amide bonds. The highest BCUT2D eigenvalue weighted by molar-refractivity contribution is 7.99. The Morgan fingerprint density at radius 1 is 1.20 bits per heavy atom. The van der Waals surface area contributed by atoms with Crippen LogP contribution in [-0.2, 0) is 20.5 Å². The van der Waals surface area contributed by atoms with Crippen molar-refractivity contribution in [2.45, 2.75) is 19.0 Å². The lowest BCUT2D eigenvalue weighted by molar-refractivity contribution is -0.138. The smallest absolute Gasteiger partial charge is 0.416 e. The van der Waals surface area contributed by atoms with Gasteiger partial charge in [0.2, 0.25) is 5.91 Å². The number of benzene rings is 1. The van der Waals surface area contributed by atoms with E-state index in [1.807, 2.05) is 4.90 Å². The highest BCUT2D eigenvalue weighted by Crippen LogP contribution is 2.31. The number of anilines is 1. The third kappa shape index (κ3) is 8.43. The first-order valence-electron chi connectivity index (χ1n) is 9.85. The zero-order valence-electron chi connectivity index (χ0n) is 17.0. The topological polar surface area (TPSA) is 61.9 Å². The highest BCUT2D eigenvalue weighted by Gasteiger charge is 2.31. The van der Waals surface area contributed by atoms with E-state index in [9.17, 15) is 22.8 Å². The molecule has 0 aliphatic carbocycles. The van der Waals surface area contributed by atoms with Gasteiger partial charge in [-0.05, 0) is 31.2 Å². The molecule has 0 bridgehead atoms. The fourth-order valence-electron chi connectivity index (χ4n) is 3.11. The van der Waals surface area contributed by atoms with Crippen molar-refractivity contribution in [3.63, 3.8) is 0 Å². The van der Waals surface area contributed by atoms with Crippen molar-refractivity contribution >= 4 is 29.3 Å². The number of rotatable bonds is 10. The van der Waals surface area contributed by atoms with E-state index in [0.717, 1.165) is 32.1 Å². The summed E-state index contributed by atoms with van der Waals surface area (Å²) < 4.78 is 43.2. The number of esters is 1. The summed E-state index contributed by atoms with van der Waals surface area (Å²) in [6.45, 7) is 4.29. The first kappa shape index (κ1) is 24.3. The second-order valence-corrected chi connectivity index (χ2v) is 8.06. The Morgan fingerprint density at radius 3 is 2.60 bits per heavy atom. The zero-order valence-corrected chi connectivity index (χ0v) is 17.9. The number of carbonyl (C=O) groups excluding carboxylic acids is 2. The highest BCUT2D eigenvalue weighted by atomic mass is 32.2. The van der Waals surface area contributed by atoms with Crippen LogP contribution in [0.5, 0.6) is 0 Å². The maximum absolute atomic E-state index is 12.9. The Kier molecular flexibility index (Phi) is 9.77. The SMILES string of the molecule is COC(=O)CSCCC(=O)NCCCN1CCN(c2cccc(C(F)(F)F)c2)CC1. The lowest BCUT2D eigenvalue weighted by atomic mass is 10.1. The maximum Gasteiger partial charge on any atom is 0.416 e. The number of amides is 1. The van der Waals surface area contributed by atoms with Crippen LogP contribution in [0.4, 0.5) is 18.9 Å². The van der Waals surface area contributed by atoms with Gasteiger partial charge in [0, 0.05) is 50.6 Å². The summed E-state index contributed by atoms with van der Waals surface area (Å²) in [5.41, 5.74) is -0.0244. The molecule has 0 atom stereocenters. The monoisotopic (exact) mass is 447 g/mol. The molecule has 1 aliphatic heterocycles. The molecule has 168 valence electrons. The number of hydrogen-bond donors (Lipinski definition) is 1. The minimum atomic E-state index is -4.33. The van der Waals surface area contributed by atoms with Crippen LogP contribution in [0.25, 0.3) is 0 Å². The van der Waals surface area contributed by atoms with E-state index in [1.54, 1.807) is 6.07 Å². The number of ether oxygens (including phenoxy) is 1. The zero-order chi connectivity index (χ0) is 22.0. The summed E-state index contributed by atoms with van der Waals surface area (Å²) in [5.74, 6) is 0.476. The van der Waals surface area contributed by atoms with Gasteiger partial charge in [-0.3, -0.25) is 14.5 Å². The van der Waals surface area contributed by atoms with Gasteiger partial charge in [0.1, 0.15) is 0 Å². The first-order chi connectivity index (χ1) is 14.3. The minimum Gasteiger partial charge on any atom is -0.468 e. The van der Waals surface area contributed by atoms with Gasteiger partial charge in [-0.25, -0.2) is 0 Å². The van der Waals surface area contributed by atoms with Crippen LogP contribution in [-0.4, -0.2) is 74.7 Å². The molecule has 30 heavy (non-hydrogen) atoms. The fraction of sp³-hybridized carbons (Fsp3) is 0.600. The van der Waals surface area contributed by atoms with Crippen molar-refractivity contribution < 1.29 is 27.5 Å². The van der Waals surface area contributed by atoms with Crippen molar-refractivity contribution in [3.8, 4) is 0 Å². The molecule has 1 heterocycles. The largest absolute Gasteiger partial charge is 0.468 e. The molecule has 0 spiro atoms. The number of piperazine rings is 1. The molecule has 0 saturated carbocycles. The number of methoxy groups -OCH3 is 1. The van der Waals surface area contributed by atoms with Gasteiger partial charge >= 0.3 is 12.1 Å². The molecule has 1 fully saturated rings. The summed E-state index contributed by atoms with van der Waals surface area (Å²) in [4.78, 5) is 27.0. The summed E-state index contributed by atoms with van der Waals surface area (Å²) in [6.07, 6.45) is -3.16. The Balaban J connectivity index is 1.59. The summed E-state index contributed by atoms with van der Waals surface area (Å²) in [6, 6.07) is 5.45. The van der Waals surface area contributed by atoms with E-state index < -0.39 is 11.7 Å². The quantitative estimate of drug-likeness (QED) is 0.440. The standard InChI is InChI=1S/C20H28F3N3O3S/c1-29-19(28)15-30-13-6-18(27)24-7-3-8-25-9-11-26(12-10-25)17-5-2-4-16(14-17)20(21,22)23/h2,4-5,14H,3,6-13,15H2,1H3,(H,24,27). The van der Waals surface area contributed by atoms with E-state index >= 15 is 0 Å². The lowest BCUT2D eigenvalue weighted by Gasteiger charge is -2.36. The Bertz CT molecular complexity index is 695. The third-order valence-corrected chi connectivity index (χ3v) is 5.74. The average Bonchev–Trinajstić information content (AvgIpc) is 2.74. The van der Waals surface area contributed by atoms with Crippen LogP contribution in [0.3, 0.4) is 0 Å². The predicted octanol–water partition coefficient (Wildman–Crippen LogP) is 2.63. The van der Waals surface area contributed by atoms with Crippen molar-refractivity contribution in [3.05, 3.63) is 29.8 Å². The van der Waals surface area contributed by atoms with Gasteiger partial charge in [0.25, 0.3) is 0 Å². The maximum atomic E-state index is 12.9. The lowest BCUT2D eigenvalue weighted by Crippen LogP contribution is -2.47. The molecule has 1 saturated heterocycles. The average molecular weight is 448 g/mol. The molecule has 1 aliphatic rings. The molecule has 10 heteroatoms. The molecule has 1 N–H and O–H groups in total. The van der Waals surface area contributed by atoms with E-state index in [0.29, 0.717) is 37.5 Å². The summed E-state index contributed by atoms with van der Waals surface area (Å²) >= 11 is 1.37. The Labute approximate surface area is 179 Å². The number of halogens is 3. The Morgan fingerprint density at radius 2 is 1.93 bits per heavy atom. The summed E-state index contributed by atoms with van der Waals surface area (Å²) in [5, 5.41) is 2.87. The third-order valence-electron chi connectivity index (χ3n) is 4.81. The number of nitrogens with one attached hydrogen (secondary N) is 1. The molecule has 0 aromatic heterocycles. The van der Waals surface area contributed by atoms with Gasteiger partial charge in [0.15, 0.2) is 0 Å². The number of hydrogen-bond acceptors (Lipinski definition) is 6. The van der Waals surface area contributed by atoms with Crippen molar-refractivity contribution in [1.82, 2.24) is 10.2 Å². The number of nitrogens with zero attached hydrogens (tertiary/aromatic N) is 2. The molecule has 1 aromatic rings. The Hall–Kier alpha value is -1.94. The van der Waals surface area contributed by atoms with Gasteiger partial charge in [-0.15, -0.1) is 11.8 Å². The normalized spacial score (nSPS) is 15.1. The fourth-order valence-corrected chi connectivity index (χ4v) is 3.87. The molecular weight excluding hydrogens is 419 g/mol. The minimum absolute atomic E-state index is 0.0401. The van der Waals surface area contributed by atoms with Crippen molar-refractivity contribution in [2.75, 3.05) is 62.8 Å². The number of thioether (sulfide) groups is 1. The van der Waals surface area contributed by atoms with Crippen LogP contribution in [0.1, 0.15) is 18.4 Å². The number of alkyl halides is 3. The number of carbonyl (C=O) groups is 2. The van der Waals surface area contributed by atoms with E-state index in [1.165, 1.54) is 31.0 Å². The van der Waals surface area contributed by atoms with E-state index in [4.69, 9.17) is 0 Å². The summed E-state index contributed by atoms with van der Waals surface area (Å²) in [7, 11) is 1.33. The van der Waals surface area contributed by atoms with Crippen LogP contribution < -0.4 is 10.2 Å². The molecule has 2 rings (SSSR count). The van der Waals surface area contributed by atoms with Crippen LogP contribution in [0, 0.1) is 0 Å². The van der Waals surface area contributed by atoms with Gasteiger partial charge in [0.05, 0.1) is 18.4 Å². The molecule has 0 radical (unpaired) electrons.